The van der Waals surface area contributed by atoms with Gasteiger partial charge in [0.25, 0.3) is 0 Å². The average Bonchev–Trinajstić information content (AvgIpc) is 2.54. The molecule has 2 heterocycles. The van der Waals surface area contributed by atoms with Gasteiger partial charge in [0.1, 0.15) is 0 Å². The lowest BCUT2D eigenvalue weighted by Crippen LogP contribution is -2.48. The smallest absolute Gasteiger partial charge is 0.0234 e. The van der Waals surface area contributed by atoms with Crippen LogP contribution in [0.3, 0.4) is 0 Å². The van der Waals surface area contributed by atoms with Crippen LogP contribution in [0.25, 0.3) is 0 Å². The van der Waals surface area contributed by atoms with Crippen molar-refractivity contribution in [2.75, 3.05) is 52.4 Å². The van der Waals surface area contributed by atoms with Crippen molar-refractivity contribution in [2.45, 2.75) is 33.2 Å². The molecule has 0 aliphatic carbocycles. The van der Waals surface area contributed by atoms with Gasteiger partial charge in [-0.25, -0.2) is 0 Å². The molecule has 2 fully saturated rings. The van der Waals surface area contributed by atoms with Crippen LogP contribution in [0, 0.1) is 12.8 Å². The Hall–Kier alpha value is -0.900. The van der Waals surface area contributed by atoms with Crippen molar-refractivity contribution < 1.29 is 0 Å². The molecular weight excluding hydrogens is 282 g/mol. The lowest BCUT2D eigenvalue weighted by Gasteiger charge is -2.37. The third-order valence-electron chi connectivity index (χ3n) is 5.43. The van der Waals surface area contributed by atoms with E-state index in [1.807, 2.05) is 0 Å². The highest BCUT2D eigenvalue weighted by molar-refractivity contribution is 5.22. The summed E-state index contributed by atoms with van der Waals surface area (Å²) >= 11 is 0. The van der Waals surface area contributed by atoms with E-state index >= 15 is 0 Å². The zero-order chi connectivity index (χ0) is 16.1. The fourth-order valence-electron chi connectivity index (χ4n) is 4.01. The Morgan fingerprint density at radius 2 is 1.70 bits per heavy atom. The van der Waals surface area contributed by atoms with Crippen molar-refractivity contribution >= 4 is 0 Å². The van der Waals surface area contributed by atoms with Gasteiger partial charge in [-0.15, -0.1) is 0 Å². The fourth-order valence-corrected chi connectivity index (χ4v) is 4.01. The Morgan fingerprint density at radius 1 is 0.957 bits per heavy atom. The number of piperidine rings is 1. The predicted molar refractivity (Wildman–Crippen MR) is 97.7 cm³/mol. The van der Waals surface area contributed by atoms with Crippen LogP contribution in [0.2, 0.25) is 0 Å². The van der Waals surface area contributed by atoms with E-state index in [2.05, 4.69) is 52.8 Å². The number of hydrogen-bond acceptors (Lipinski definition) is 3. The minimum absolute atomic E-state index is 0.898. The molecular formula is C20H33N3. The Labute approximate surface area is 142 Å². The van der Waals surface area contributed by atoms with E-state index in [9.17, 15) is 0 Å². The third-order valence-corrected chi connectivity index (χ3v) is 5.43. The number of hydrogen-bond donors (Lipinski definition) is 0. The maximum atomic E-state index is 2.67. The van der Waals surface area contributed by atoms with Crippen molar-refractivity contribution in [3.63, 3.8) is 0 Å². The maximum Gasteiger partial charge on any atom is 0.0234 e. The summed E-state index contributed by atoms with van der Waals surface area (Å²) in [5.74, 6) is 0.898. The Kier molecular flexibility index (Phi) is 6.09. The monoisotopic (exact) mass is 315 g/mol. The Bertz CT molecular complexity index is 480. The molecule has 0 aromatic heterocycles. The molecule has 0 saturated carbocycles. The summed E-state index contributed by atoms with van der Waals surface area (Å²) in [5.41, 5.74) is 2.83. The molecule has 2 aliphatic heterocycles. The second-order valence-corrected chi connectivity index (χ2v) is 7.65. The van der Waals surface area contributed by atoms with Gasteiger partial charge in [-0.2, -0.15) is 0 Å². The largest absolute Gasteiger partial charge is 0.302 e. The number of nitrogens with zero attached hydrogens (tertiary/aromatic N) is 3. The lowest BCUT2D eigenvalue weighted by molar-refractivity contribution is 0.103. The molecule has 128 valence electrons. The van der Waals surface area contributed by atoms with E-state index in [0.717, 1.165) is 12.5 Å². The number of benzene rings is 1. The number of rotatable bonds is 5. The van der Waals surface area contributed by atoms with Crippen molar-refractivity contribution in [1.29, 1.82) is 0 Å². The minimum atomic E-state index is 0.898. The summed E-state index contributed by atoms with van der Waals surface area (Å²) < 4.78 is 0. The highest BCUT2D eigenvalue weighted by Gasteiger charge is 2.20. The molecule has 0 unspecified atom stereocenters. The van der Waals surface area contributed by atoms with Crippen molar-refractivity contribution in [3.05, 3.63) is 35.4 Å². The normalized spacial score (nSPS) is 24.9. The van der Waals surface area contributed by atoms with Gasteiger partial charge in [0, 0.05) is 52.4 Å². The van der Waals surface area contributed by atoms with Gasteiger partial charge in [-0.05, 0) is 37.8 Å². The Balaban J connectivity index is 1.37. The fraction of sp³-hybridized carbons (Fsp3) is 0.700. The first-order valence-electron chi connectivity index (χ1n) is 9.41. The van der Waals surface area contributed by atoms with Crippen molar-refractivity contribution in [2.24, 2.45) is 5.92 Å². The van der Waals surface area contributed by atoms with Crippen LogP contribution >= 0.6 is 0 Å². The zero-order valence-electron chi connectivity index (χ0n) is 15.0. The number of piperazine rings is 1. The molecule has 0 spiro atoms. The van der Waals surface area contributed by atoms with Crippen LogP contribution in [0.4, 0.5) is 0 Å². The first-order chi connectivity index (χ1) is 11.2. The van der Waals surface area contributed by atoms with Crippen LogP contribution in [0.1, 0.15) is 30.9 Å². The minimum Gasteiger partial charge on any atom is -0.302 e. The van der Waals surface area contributed by atoms with Gasteiger partial charge < -0.3 is 4.90 Å². The zero-order valence-corrected chi connectivity index (χ0v) is 15.0. The van der Waals surface area contributed by atoms with E-state index in [4.69, 9.17) is 0 Å². The van der Waals surface area contributed by atoms with Crippen LogP contribution in [-0.4, -0.2) is 67.1 Å². The first kappa shape index (κ1) is 16.9. The number of aryl methyl sites for hydroxylation is 1. The molecule has 23 heavy (non-hydrogen) atoms. The van der Waals surface area contributed by atoms with E-state index in [1.54, 1.807) is 0 Å². The molecule has 3 rings (SSSR count). The van der Waals surface area contributed by atoms with E-state index < -0.39 is 0 Å². The van der Waals surface area contributed by atoms with Crippen LogP contribution in [0.15, 0.2) is 24.3 Å². The summed E-state index contributed by atoms with van der Waals surface area (Å²) in [7, 11) is 0. The summed E-state index contributed by atoms with van der Waals surface area (Å²) in [6, 6.07) is 8.95. The molecule has 0 bridgehead atoms. The first-order valence-corrected chi connectivity index (χ1v) is 9.41. The summed E-state index contributed by atoms with van der Waals surface area (Å²) in [5, 5.41) is 0. The average molecular weight is 316 g/mol. The van der Waals surface area contributed by atoms with Crippen molar-refractivity contribution in [1.82, 2.24) is 14.7 Å². The molecule has 2 aliphatic rings. The molecule has 0 amide bonds. The SMILES string of the molecule is Cc1cccc(CN2CCN(CCN3CCC[C@@H](C)C3)CC2)c1. The topological polar surface area (TPSA) is 9.72 Å². The van der Waals surface area contributed by atoms with Crippen LogP contribution in [0.5, 0.6) is 0 Å². The van der Waals surface area contributed by atoms with Crippen LogP contribution < -0.4 is 0 Å². The molecule has 3 nitrogen and oxygen atoms in total. The maximum absolute atomic E-state index is 2.67. The van der Waals surface area contributed by atoms with Crippen molar-refractivity contribution in [3.8, 4) is 0 Å². The van der Waals surface area contributed by atoms with Gasteiger partial charge in [-0.1, -0.05) is 36.8 Å². The van der Waals surface area contributed by atoms with Crippen LogP contribution in [-0.2, 0) is 6.54 Å². The van der Waals surface area contributed by atoms with Gasteiger partial charge in [0.2, 0.25) is 0 Å². The van der Waals surface area contributed by atoms with Gasteiger partial charge in [-0.3, -0.25) is 9.80 Å². The molecule has 2 saturated heterocycles. The predicted octanol–water partition coefficient (Wildman–Crippen LogP) is 2.84. The van der Waals surface area contributed by atoms with E-state index in [0.29, 0.717) is 0 Å². The molecule has 0 radical (unpaired) electrons. The highest BCUT2D eigenvalue weighted by atomic mass is 15.3. The molecule has 1 atom stereocenters. The molecule has 3 heteroatoms. The van der Waals surface area contributed by atoms with E-state index in [1.165, 1.54) is 76.3 Å². The standard InChI is InChI=1S/C20H33N3/c1-18-5-3-7-20(15-18)17-23-13-10-21(11-14-23)9-12-22-8-4-6-19(2)16-22/h3,5,7,15,19H,4,6,8-14,16-17H2,1-2H3/t19-/m1/s1. The lowest BCUT2D eigenvalue weighted by atomic mass is 10.0. The summed E-state index contributed by atoms with van der Waals surface area (Å²) in [6.07, 6.45) is 2.82. The summed E-state index contributed by atoms with van der Waals surface area (Å²) in [6.45, 7) is 15.7. The van der Waals surface area contributed by atoms with Gasteiger partial charge >= 0.3 is 0 Å². The molecule has 0 N–H and O–H groups in total. The molecule has 1 aromatic rings. The highest BCUT2D eigenvalue weighted by Crippen LogP contribution is 2.15. The quantitative estimate of drug-likeness (QED) is 0.827. The second-order valence-electron chi connectivity index (χ2n) is 7.65. The number of likely N-dealkylation sites (tertiary alicyclic amines) is 1. The third kappa shape index (κ3) is 5.30. The second kappa shape index (κ2) is 8.27. The van der Waals surface area contributed by atoms with Gasteiger partial charge in [0.15, 0.2) is 0 Å². The van der Waals surface area contributed by atoms with Gasteiger partial charge in [0.05, 0.1) is 0 Å². The van der Waals surface area contributed by atoms with E-state index in [-0.39, 0.29) is 0 Å². The Morgan fingerprint density at radius 3 is 2.43 bits per heavy atom. The molecule has 1 aromatic carbocycles. The summed E-state index contributed by atoms with van der Waals surface area (Å²) in [4.78, 5) is 7.94.